The largest absolute Gasteiger partial charge is 0.450 e. The second kappa shape index (κ2) is 11.9. The number of piperidine rings is 1. The number of hydrogen-bond donors (Lipinski definition) is 2. The average Bonchev–Trinajstić information content (AvgIpc) is 3.14. The fourth-order valence-corrected chi connectivity index (χ4v) is 3.60. The Kier molecular flexibility index (Phi) is 9.56. The van der Waals surface area contributed by atoms with Crippen molar-refractivity contribution in [2.45, 2.75) is 38.8 Å². The summed E-state index contributed by atoms with van der Waals surface area (Å²) in [6, 6.07) is 10.9. The molecule has 7 nitrogen and oxygen atoms in total. The van der Waals surface area contributed by atoms with Gasteiger partial charge in [-0.15, -0.1) is 24.0 Å². The maximum absolute atomic E-state index is 11.8. The Hall–Kier alpha value is -1.97. The first kappa shape index (κ1) is 23.3. The van der Waals surface area contributed by atoms with E-state index in [1.165, 1.54) is 10.9 Å². The molecule has 1 aromatic carbocycles. The van der Waals surface area contributed by atoms with Crippen LogP contribution in [0.15, 0.2) is 41.5 Å². The third-order valence-electron chi connectivity index (χ3n) is 5.13. The first-order valence-electron chi connectivity index (χ1n) is 10.1. The molecular weight excluding hydrogens is 481 g/mol. The van der Waals surface area contributed by atoms with E-state index in [9.17, 15) is 4.79 Å². The fraction of sp³-hybridized carbons (Fsp3) is 0.524. The normalized spacial score (nSPS) is 15.1. The number of aryl methyl sites for hydroxylation is 1. The fourth-order valence-electron chi connectivity index (χ4n) is 3.60. The third kappa shape index (κ3) is 6.52. The van der Waals surface area contributed by atoms with Gasteiger partial charge in [-0.2, -0.15) is 0 Å². The number of hydrogen-bond acceptors (Lipinski definition) is 3. The molecule has 29 heavy (non-hydrogen) atoms. The number of amides is 1. The van der Waals surface area contributed by atoms with Gasteiger partial charge in [-0.3, -0.25) is 4.99 Å². The Bertz CT molecular complexity index is 799. The number of para-hydroxylation sites is 1. The van der Waals surface area contributed by atoms with Crippen LogP contribution < -0.4 is 10.6 Å². The predicted octanol–water partition coefficient (Wildman–Crippen LogP) is 3.44. The number of carbonyl (C=O) groups excluding carboxylic acids is 1. The summed E-state index contributed by atoms with van der Waals surface area (Å²) in [6.45, 7) is 5.51. The number of ether oxygens (including phenoxy) is 1. The van der Waals surface area contributed by atoms with Gasteiger partial charge < -0.3 is 24.8 Å². The van der Waals surface area contributed by atoms with E-state index >= 15 is 0 Å². The number of halogens is 1. The molecule has 0 saturated carbocycles. The number of carbonyl (C=O) groups is 1. The van der Waals surface area contributed by atoms with E-state index in [-0.39, 0.29) is 30.1 Å². The maximum atomic E-state index is 11.8. The number of guanidine groups is 1. The van der Waals surface area contributed by atoms with Gasteiger partial charge in [-0.25, -0.2) is 4.79 Å². The lowest BCUT2D eigenvalue weighted by Gasteiger charge is -2.32. The van der Waals surface area contributed by atoms with Gasteiger partial charge in [-0.1, -0.05) is 18.2 Å². The van der Waals surface area contributed by atoms with Crippen LogP contribution in [0.4, 0.5) is 4.79 Å². The summed E-state index contributed by atoms with van der Waals surface area (Å²) in [5, 5.41) is 8.16. The molecule has 0 unspecified atom stereocenters. The van der Waals surface area contributed by atoms with Crippen LogP contribution in [0.3, 0.4) is 0 Å². The van der Waals surface area contributed by atoms with Gasteiger partial charge in [0.1, 0.15) is 0 Å². The van der Waals surface area contributed by atoms with E-state index in [4.69, 9.17) is 4.74 Å². The number of likely N-dealkylation sites (tertiary alicyclic amines) is 1. The van der Waals surface area contributed by atoms with Gasteiger partial charge >= 0.3 is 6.09 Å². The molecule has 1 saturated heterocycles. The minimum atomic E-state index is -0.207. The summed E-state index contributed by atoms with van der Waals surface area (Å²) in [5.41, 5.74) is 1.28. The van der Waals surface area contributed by atoms with Gasteiger partial charge in [0.15, 0.2) is 5.96 Å². The highest BCUT2D eigenvalue weighted by Crippen LogP contribution is 2.15. The first-order valence-corrected chi connectivity index (χ1v) is 10.1. The van der Waals surface area contributed by atoms with Crippen LogP contribution in [-0.2, 0) is 11.3 Å². The molecule has 0 spiro atoms. The minimum absolute atomic E-state index is 0. The van der Waals surface area contributed by atoms with Crippen LogP contribution in [0.1, 0.15) is 26.2 Å². The van der Waals surface area contributed by atoms with Crippen LogP contribution >= 0.6 is 24.0 Å². The molecule has 1 aliphatic heterocycles. The van der Waals surface area contributed by atoms with Gasteiger partial charge in [0.05, 0.1) is 6.61 Å². The Morgan fingerprint density at radius 1 is 1.24 bits per heavy atom. The van der Waals surface area contributed by atoms with Crippen molar-refractivity contribution >= 4 is 46.9 Å². The lowest BCUT2D eigenvalue weighted by atomic mass is 10.1. The molecule has 0 atom stereocenters. The summed E-state index contributed by atoms with van der Waals surface area (Å²) >= 11 is 0. The summed E-state index contributed by atoms with van der Waals surface area (Å²) in [6.07, 6.45) is 4.75. The highest BCUT2D eigenvalue weighted by Gasteiger charge is 2.23. The number of benzene rings is 1. The zero-order valence-corrected chi connectivity index (χ0v) is 19.6. The molecule has 2 heterocycles. The zero-order chi connectivity index (χ0) is 19.8. The molecule has 0 bridgehead atoms. The molecule has 1 fully saturated rings. The molecule has 1 amide bonds. The number of fused-ring (bicyclic) bond motifs is 1. The molecule has 1 aliphatic rings. The van der Waals surface area contributed by atoms with Crippen LogP contribution in [0.5, 0.6) is 0 Å². The van der Waals surface area contributed by atoms with Crippen molar-refractivity contribution in [3.8, 4) is 0 Å². The van der Waals surface area contributed by atoms with Gasteiger partial charge in [0, 0.05) is 51.0 Å². The Labute approximate surface area is 189 Å². The standard InChI is InChI=1S/C21H31N5O2.HI/c1-3-28-21(27)26-15-10-18(11-16-26)24-20(22-2)23-12-6-13-25-14-9-17-7-4-5-8-19(17)25;/h4-5,7-9,14,18H,3,6,10-13,15-16H2,1-2H3,(H2,22,23,24);1H. The Morgan fingerprint density at radius 2 is 2.00 bits per heavy atom. The van der Waals surface area contributed by atoms with Crippen LogP contribution in [0, 0.1) is 0 Å². The average molecular weight is 513 g/mol. The zero-order valence-electron chi connectivity index (χ0n) is 17.3. The minimum Gasteiger partial charge on any atom is -0.450 e. The molecule has 8 heteroatoms. The van der Waals surface area contributed by atoms with Crippen molar-refractivity contribution in [1.29, 1.82) is 0 Å². The SMILES string of the molecule is CCOC(=O)N1CCC(NC(=NC)NCCCn2ccc3ccccc32)CC1.I. The van der Waals surface area contributed by atoms with Gasteiger partial charge in [-0.05, 0) is 43.7 Å². The molecule has 2 aromatic rings. The molecule has 160 valence electrons. The predicted molar refractivity (Wildman–Crippen MR) is 128 cm³/mol. The van der Waals surface area contributed by atoms with Gasteiger partial charge in [0.25, 0.3) is 0 Å². The number of nitrogens with zero attached hydrogens (tertiary/aromatic N) is 3. The number of aliphatic imine (C=N–C) groups is 1. The lowest BCUT2D eigenvalue weighted by molar-refractivity contribution is 0.0963. The van der Waals surface area contributed by atoms with Crippen molar-refractivity contribution in [3.05, 3.63) is 36.5 Å². The smallest absolute Gasteiger partial charge is 0.409 e. The third-order valence-corrected chi connectivity index (χ3v) is 5.13. The quantitative estimate of drug-likeness (QED) is 0.269. The Morgan fingerprint density at radius 3 is 2.72 bits per heavy atom. The van der Waals surface area contributed by atoms with Gasteiger partial charge in [0.2, 0.25) is 0 Å². The number of aromatic nitrogens is 1. The molecule has 0 aliphatic carbocycles. The monoisotopic (exact) mass is 513 g/mol. The second-order valence-electron chi connectivity index (χ2n) is 7.03. The number of rotatable bonds is 6. The summed E-state index contributed by atoms with van der Waals surface area (Å²) < 4.78 is 7.36. The molecule has 3 rings (SSSR count). The van der Waals surface area contributed by atoms with Crippen LogP contribution in [0.25, 0.3) is 10.9 Å². The molecule has 2 N–H and O–H groups in total. The lowest BCUT2D eigenvalue weighted by Crippen LogP contribution is -2.50. The van der Waals surface area contributed by atoms with Crippen molar-refractivity contribution < 1.29 is 9.53 Å². The summed E-state index contributed by atoms with van der Waals surface area (Å²) in [4.78, 5) is 17.9. The van der Waals surface area contributed by atoms with E-state index in [1.807, 2.05) is 6.92 Å². The molecule has 1 aromatic heterocycles. The van der Waals surface area contributed by atoms with Crippen molar-refractivity contribution in [2.75, 3.05) is 33.3 Å². The highest BCUT2D eigenvalue weighted by molar-refractivity contribution is 14.0. The summed E-state index contributed by atoms with van der Waals surface area (Å²) in [7, 11) is 1.79. The first-order chi connectivity index (χ1) is 13.7. The van der Waals surface area contributed by atoms with Crippen LogP contribution in [-0.4, -0.2) is 60.9 Å². The Balaban J connectivity index is 0.00000300. The van der Waals surface area contributed by atoms with E-state index in [0.717, 1.165) is 38.3 Å². The summed E-state index contributed by atoms with van der Waals surface area (Å²) in [5.74, 6) is 0.826. The second-order valence-corrected chi connectivity index (χ2v) is 7.03. The topological polar surface area (TPSA) is 70.9 Å². The van der Waals surface area contributed by atoms with Crippen molar-refractivity contribution in [3.63, 3.8) is 0 Å². The maximum Gasteiger partial charge on any atom is 0.409 e. The van der Waals surface area contributed by atoms with Crippen LogP contribution in [0.2, 0.25) is 0 Å². The highest BCUT2D eigenvalue weighted by atomic mass is 127. The van der Waals surface area contributed by atoms with E-state index in [2.05, 4.69) is 56.7 Å². The van der Waals surface area contributed by atoms with E-state index < -0.39 is 0 Å². The van der Waals surface area contributed by atoms with Crippen molar-refractivity contribution in [2.24, 2.45) is 4.99 Å². The van der Waals surface area contributed by atoms with Crippen molar-refractivity contribution in [1.82, 2.24) is 20.1 Å². The molecular formula is C21H32IN5O2. The molecule has 0 radical (unpaired) electrons. The van der Waals surface area contributed by atoms with E-state index in [0.29, 0.717) is 25.7 Å². The van der Waals surface area contributed by atoms with E-state index in [1.54, 1.807) is 11.9 Å². The number of nitrogens with one attached hydrogen (secondary N) is 2.